The van der Waals surface area contributed by atoms with Gasteiger partial charge in [0.2, 0.25) is 0 Å². The van der Waals surface area contributed by atoms with Gasteiger partial charge in [0.15, 0.2) is 0 Å². The van der Waals surface area contributed by atoms with E-state index in [1.54, 1.807) is 0 Å². The van der Waals surface area contributed by atoms with Crippen molar-refractivity contribution in [3.05, 3.63) is 0 Å². The fourth-order valence-electron chi connectivity index (χ4n) is 1.09. The van der Waals surface area contributed by atoms with E-state index in [9.17, 15) is 0 Å². The molecule has 0 heterocycles. The predicted molar refractivity (Wildman–Crippen MR) is 32.4 cm³/mol. The molecule has 2 unspecified atom stereocenters. The summed E-state index contributed by atoms with van der Waals surface area (Å²) in [5.74, 6) is 1.78. The molecule has 1 aliphatic carbocycles. The highest BCUT2D eigenvalue weighted by molar-refractivity contribution is 6.08. The van der Waals surface area contributed by atoms with Crippen molar-refractivity contribution in [2.45, 2.75) is 26.1 Å². The van der Waals surface area contributed by atoms with Crippen molar-refractivity contribution in [3.8, 4) is 0 Å². The van der Waals surface area contributed by atoms with Crippen LogP contribution in [0.3, 0.4) is 0 Å². The Kier molecular flexibility index (Phi) is 1.41. The topological polar surface area (TPSA) is 0 Å². The molecule has 0 N–H and O–H groups in total. The summed E-state index contributed by atoms with van der Waals surface area (Å²) in [6.07, 6.45) is 3.68. The standard InChI is InChI=1S/C6H11B/c1-5-2-3-6(5)4-7/h5-6H,2-4H2,1H3. The molecule has 0 nitrogen and oxygen atoms in total. The van der Waals surface area contributed by atoms with E-state index in [0.717, 1.165) is 18.2 Å². The van der Waals surface area contributed by atoms with E-state index in [-0.39, 0.29) is 0 Å². The van der Waals surface area contributed by atoms with Crippen LogP contribution in [-0.4, -0.2) is 7.85 Å². The quantitative estimate of drug-likeness (QED) is 0.433. The van der Waals surface area contributed by atoms with Crippen molar-refractivity contribution in [2.24, 2.45) is 11.8 Å². The van der Waals surface area contributed by atoms with Gasteiger partial charge < -0.3 is 0 Å². The molecule has 0 spiro atoms. The first-order chi connectivity index (χ1) is 3.34. The van der Waals surface area contributed by atoms with Crippen molar-refractivity contribution in [1.29, 1.82) is 0 Å². The maximum Gasteiger partial charge on any atom is 0.0656 e. The first-order valence-corrected chi connectivity index (χ1v) is 3.04. The second-order valence-corrected chi connectivity index (χ2v) is 2.55. The van der Waals surface area contributed by atoms with Gasteiger partial charge in [-0.05, 0) is 11.8 Å². The monoisotopic (exact) mass is 94.1 g/mol. The highest BCUT2D eigenvalue weighted by Gasteiger charge is 2.23. The van der Waals surface area contributed by atoms with Gasteiger partial charge in [-0.25, -0.2) is 0 Å². The van der Waals surface area contributed by atoms with Crippen LogP contribution in [-0.2, 0) is 0 Å². The Labute approximate surface area is 46.7 Å². The summed E-state index contributed by atoms with van der Waals surface area (Å²) in [5, 5.41) is 0. The van der Waals surface area contributed by atoms with Crippen molar-refractivity contribution < 1.29 is 0 Å². The summed E-state index contributed by atoms with van der Waals surface area (Å²) >= 11 is 0. The van der Waals surface area contributed by atoms with Crippen LogP contribution in [0, 0.1) is 11.8 Å². The zero-order valence-electron chi connectivity index (χ0n) is 4.85. The molecule has 38 valence electrons. The SMILES string of the molecule is [B]CC1CCC1C. The summed E-state index contributed by atoms with van der Waals surface area (Å²) in [7, 11) is 5.42. The highest BCUT2D eigenvalue weighted by atomic mass is 14.3. The molecule has 2 radical (unpaired) electrons. The van der Waals surface area contributed by atoms with E-state index >= 15 is 0 Å². The second-order valence-electron chi connectivity index (χ2n) is 2.55. The van der Waals surface area contributed by atoms with Gasteiger partial charge in [0.25, 0.3) is 0 Å². The van der Waals surface area contributed by atoms with Crippen LogP contribution in [0.15, 0.2) is 0 Å². The summed E-state index contributed by atoms with van der Waals surface area (Å²) in [4.78, 5) is 0. The lowest BCUT2D eigenvalue weighted by atomic mass is 9.69. The lowest BCUT2D eigenvalue weighted by Crippen LogP contribution is -2.21. The summed E-state index contributed by atoms with van der Waals surface area (Å²) in [5.41, 5.74) is 0. The lowest BCUT2D eigenvalue weighted by Gasteiger charge is -2.32. The van der Waals surface area contributed by atoms with Crippen LogP contribution in [0.1, 0.15) is 19.8 Å². The van der Waals surface area contributed by atoms with Gasteiger partial charge in [-0.1, -0.05) is 26.1 Å². The summed E-state index contributed by atoms with van der Waals surface area (Å²) < 4.78 is 0. The van der Waals surface area contributed by atoms with E-state index in [1.165, 1.54) is 12.8 Å². The molecular weight excluding hydrogens is 82.9 g/mol. The molecule has 2 atom stereocenters. The molecule has 0 aromatic carbocycles. The molecule has 1 saturated carbocycles. The molecule has 1 aliphatic rings. The van der Waals surface area contributed by atoms with E-state index in [2.05, 4.69) is 6.92 Å². The number of hydrogen-bond acceptors (Lipinski definition) is 0. The van der Waals surface area contributed by atoms with Crippen molar-refractivity contribution in [3.63, 3.8) is 0 Å². The van der Waals surface area contributed by atoms with Crippen LogP contribution in [0.25, 0.3) is 0 Å². The third-order valence-corrected chi connectivity index (χ3v) is 2.10. The molecule has 0 amide bonds. The Morgan fingerprint density at radius 1 is 1.57 bits per heavy atom. The van der Waals surface area contributed by atoms with Gasteiger partial charge in [-0.15, -0.1) is 0 Å². The Morgan fingerprint density at radius 2 is 2.29 bits per heavy atom. The molecule has 1 fully saturated rings. The van der Waals surface area contributed by atoms with E-state index < -0.39 is 0 Å². The molecule has 0 aromatic rings. The fraction of sp³-hybridized carbons (Fsp3) is 1.00. The van der Waals surface area contributed by atoms with Crippen LogP contribution >= 0.6 is 0 Å². The van der Waals surface area contributed by atoms with Gasteiger partial charge in [0, 0.05) is 0 Å². The van der Waals surface area contributed by atoms with Gasteiger partial charge in [-0.3, -0.25) is 0 Å². The second kappa shape index (κ2) is 1.89. The Bertz CT molecular complexity index is 59.2. The van der Waals surface area contributed by atoms with Crippen molar-refractivity contribution in [1.82, 2.24) is 0 Å². The normalized spacial score (nSPS) is 40.1. The zero-order chi connectivity index (χ0) is 5.28. The Balaban J connectivity index is 2.16. The third-order valence-electron chi connectivity index (χ3n) is 2.10. The lowest BCUT2D eigenvalue weighted by molar-refractivity contribution is 0.219. The molecule has 0 aromatic heterocycles. The van der Waals surface area contributed by atoms with Gasteiger partial charge in [-0.2, -0.15) is 0 Å². The van der Waals surface area contributed by atoms with Crippen molar-refractivity contribution in [2.75, 3.05) is 0 Å². The minimum Gasteiger partial charge on any atom is -0.0857 e. The molecular formula is C6H11B. The summed E-state index contributed by atoms with van der Waals surface area (Å²) in [6, 6.07) is 0. The average Bonchev–Trinajstić information content (AvgIpc) is 1.65. The third kappa shape index (κ3) is 0.819. The van der Waals surface area contributed by atoms with Gasteiger partial charge in [0.05, 0.1) is 7.85 Å². The predicted octanol–water partition coefficient (Wildman–Crippen LogP) is 1.62. The van der Waals surface area contributed by atoms with Crippen LogP contribution in [0.2, 0.25) is 6.32 Å². The van der Waals surface area contributed by atoms with E-state index in [0.29, 0.717) is 0 Å². The fourth-order valence-corrected chi connectivity index (χ4v) is 1.09. The smallest absolute Gasteiger partial charge is 0.0656 e. The first kappa shape index (κ1) is 5.21. The van der Waals surface area contributed by atoms with Crippen molar-refractivity contribution >= 4 is 7.85 Å². The number of hydrogen-bond donors (Lipinski definition) is 0. The maximum absolute atomic E-state index is 5.42. The molecule has 0 saturated heterocycles. The maximum atomic E-state index is 5.42. The minimum absolute atomic E-state index is 0.861. The Morgan fingerprint density at radius 3 is 2.29 bits per heavy atom. The molecule has 7 heavy (non-hydrogen) atoms. The first-order valence-electron chi connectivity index (χ1n) is 3.04. The zero-order valence-corrected chi connectivity index (χ0v) is 4.85. The van der Waals surface area contributed by atoms with Gasteiger partial charge in [0.1, 0.15) is 0 Å². The molecule has 0 aliphatic heterocycles. The Hall–Kier alpha value is 0.0649. The van der Waals surface area contributed by atoms with Crippen LogP contribution in [0.4, 0.5) is 0 Å². The molecule has 1 rings (SSSR count). The van der Waals surface area contributed by atoms with Crippen LogP contribution in [0.5, 0.6) is 0 Å². The van der Waals surface area contributed by atoms with Gasteiger partial charge >= 0.3 is 0 Å². The van der Waals surface area contributed by atoms with E-state index in [4.69, 9.17) is 7.85 Å². The molecule has 0 bridgehead atoms. The number of rotatable bonds is 1. The van der Waals surface area contributed by atoms with Crippen LogP contribution < -0.4 is 0 Å². The minimum atomic E-state index is 0.861. The largest absolute Gasteiger partial charge is 0.0857 e. The molecule has 1 heteroatoms. The average molecular weight is 94.0 g/mol. The van der Waals surface area contributed by atoms with E-state index in [1.807, 2.05) is 0 Å². The highest BCUT2D eigenvalue weighted by Crippen LogP contribution is 2.35. The summed E-state index contributed by atoms with van der Waals surface area (Å²) in [6.45, 7) is 2.28.